The second-order valence-electron chi connectivity index (χ2n) is 5.65. The largest absolute Gasteiger partial charge is 0.495 e. The number of anilines is 1. The highest BCUT2D eigenvalue weighted by Crippen LogP contribution is 2.36. The van der Waals surface area contributed by atoms with E-state index < -0.39 is 0 Å². The number of likely N-dealkylation sites (N-methyl/N-ethyl adjacent to an activating group) is 1. The van der Waals surface area contributed by atoms with Crippen LogP contribution in [-0.2, 0) is 0 Å². The molecular weight excluding hydrogens is 415 g/mol. The summed E-state index contributed by atoms with van der Waals surface area (Å²) in [5.74, 6) is 1.04. The van der Waals surface area contributed by atoms with Gasteiger partial charge >= 0.3 is 0 Å². The normalized spacial score (nSPS) is 16.7. The van der Waals surface area contributed by atoms with Gasteiger partial charge in [0.2, 0.25) is 0 Å². The van der Waals surface area contributed by atoms with Gasteiger partial charge in [0.15, 0.2) is 5.96 Å². The van der Waals surface area contributed by atoms with E-state index in [2.05, 4.69) is 29.3 Å². The predicted molar refractivity (Wildman–Crippen MR) is 104 cm³/mol. The number of methoxy groups -OCH3 is 1. The van der Waals surface area contributed by atoms with Crippen LogP contribution in [0.25, 0.3) is 0 Å². The molecule has 3 N–H and O–H groups in total. The van der Waals surface area contributed by atoms with Crippen LogP contribution in [0, 0.1) is 0 Å². The Bertz CT molecular complexity index is 532. The number of benzene rings is 1. The van der Waals surface area contributed by atoms with E-state index in [-0.39, 0.29) is 29.5 Å². The van der Waals surface area contributed by atoms with Crippen LogP contribution in [0.15, 0.2) is 23.2 Å². The molecule has 0 bridgehead atoms. The van der Waals surface area contributed by atoms with Crippen LogP contribution in [0.5, 0.6) is 5.75 Å². The lowest BCUT2D eigenvalue weighted by Crippen LogP contribution is -2.52. The zero-order valence-electron chi connectivity index (χ0n) is 13.2. The average molecular weight is 439 g/mol. The Morgan fingerprint density at radius 1 is 1.45 bits per heavy atom. The van der Waals surface area contributed by atoms with Crippen molar-refractivity contribution in [1.29, 1.82) is 0 Å². The average Bonchev–Trinajstić information content (AvgIpc) is 2.37. The van der Waals surface area contributed by atoms with E-state index in [0.717, 1.165) is 5.69 Å². The molecule has 0 amide bonds. The van der Waals surface area contributed by atoms with Crippen molar-refractivity contribution >= 4 is 47.2 Å². The van der Waals surface area contributed by atoms with Crippen molar-refractivity contribution in [2.24, 2.45) is 10.7 Å². The van der Waals surface area contributed by atoms with Crippen LogP contribution in [0.2, 0.25) is 5.02 Å². The van der Waals surface area contributed by atoms with Gasteiger partial charge in [-0.15, -0.1) is 24.0 Å². The molecule has 0 unspecified atom stereocenters. The minimum atomic E-state index is 0. The Balaban J connectivity index is 0.00000242. The topological polar surface area (TPSA) is 62.9 Å². The number of aliphatic imine (C=N–C) groups is 1. The Kier molecular flexibility index (Phi) is 7.21. The fourth-order valence-electron chi connectivity index (χ4n) is 2.50. The number of halogens is 2. The predicted octanol–water partition coefficient (Wildman–Crippen LogP) is 3.18. The second-order valence-corrected chi connectivity index (χ2v) is 6.06. The van der Waals surface area contributed by atoms with Crippen LogP contribution in [0.3, 0.4) is 0 Å². The maximum atomic E-state index is 6.08. The molecule has 5 nitrogen and oxygen atoms in total. The number of nitrogens with zero attached hydrogens (tertiary/aromatic N) is 2. The first-order chi connectivity index (χ1) is 9.97. The molecule has 0 atom stereocenters. The maximum absolute atomic E-state index is 6.08. The van der Waals surface area contributed by atoms with Crippen LogP contribution in [0.1, 0.15) is 19.3 Å². The molecule has 0 spiro atoms. The highest BCUT2D eigenvalue weighted by atomic mass is 127. The number of hydrogen-bond donors (Lipinski definition) is 2. The van der Waals surface area contributed by atoms with Gasteiger partial charge in [-0.25, -0.2) is 0 Å². The third-order valence-electron chi connectivity index (χ3n) is 4.20. The Morgan fingerprint density at radius 2 is 2.14 bits per heavy atom. The molecule has 1 fully saturated rings. The summed E-state index contributed by atoms with van der Waals surface area (Å²) in [7, 11) is 5.78. The van der Waals surface area contributed by atoms with Crippen LogP contribution >= 0.6 is 35.6 Å². The van der Waals surface area contributed by atoms with Crippen LogP contribution < -0.4 is 15.8 Å². The van der Waals surface area contributed by atoms with Crippen molar-refractivity contribution in [3.05, 3.63) is 23.2 Å². The molecule has 22 heavy (non-hydrogen) atoms. The minimum Gasteiger partial charge on any atom is -0.495 e. The van der Waals surface area contributed by atoms with Gasteiger partial charge in [-0.1, -0.05) is 11.6 Å². The first kappa shape index (κ1) is 19.3. The second kappa shape index (κ2) is 8.21. The number of guanidine groups is 1. The summed E-state index contributed by atoms with van der Waals surface area (Å²) in [5, 5.41) is 3.60. The van der Waals surface area contributed by atoms with E-state index in [9.17, 15) is 0 Å². The summed E-state index contributed by atoms with van der Waals surface area (Å²) < 4.78 is 5.12. The third kappa shape index (κ3) is 4.39. The molecule has 124 valence electrons. The lowest BCUT2D eigenvalue weighted by atomic mass is 9.76. The van der Waals surface area contributed by atoms with Crippen molar-refractivity contribution in [3.8, 4) is 5.75 Å². The molecule has 0 aromatic heterocycles. The standard InChI is InChI=1S/C15H23ClN4O.HI/c1-20(2)15(7-4-8-15)10-18-14(17)19-11-5-6-13(21-3)12(16)9-11;/h5-6,9H,4,7-8,10H2,1-3H3,(H3,17,18,19);1H. The van der Waals surface area contributed by atoms with Gasteiger partial charge in [-0.3, -0.25) is 4.99 Å². The van der Waals surface area contributed by atoms with Crippen molar-refractivity contribution in [2.75, 3.05) is 33.1 Å². The van der Waals surface area contributed by atoms with E-state index in [1.165, 1.54) is 19.3 Å². The zero-order valence-corrected chi connectivity index (χ0v) is 16.3. The molecule has 0 aliphatic heterocycles. The quantitative estimate of drug-likeness (QED) is 0.421. The summed E-state index contributed by atoms with van der Waals surface area (Å²) in [4.78, 5) is 6.72. The Hall–Kier alpha value is -0.730. The van der Waals surface area contributed by atoms with Gasteiger partial charge in [-0.05, 0) is 51.6 Å². The monoisotopic (exact) mass is 438 g/mol. The van der Waals surface area contributed by atoms with Crippen LogP contribution in [-0.4, -0.2) is 44.1 Å². The van der Waals surface area contributed by atoms with Gasteiger partial charge in [0.25, 0.3) is 0 Å². The number of hydrogen-bond acceptors (Lipinski definition) is 3. The van der Waals surface area contributed by atoms with Crippen molar-refractivity contribution in [3.63, 3.8) is 0 Å². The Morgan fingerprint density at radius 3 is 2.59 bits per heavy atom. The molecule has 7 heteroatoms. The molecular formula is C15H24ClIN4O. The van der Waals surface area contributed by atoms with E-state index in [1.807, 2.05) is 6.07 Å². The SMILES string of the molecule is COc1ccc(NC(N)=NCC2(N(C)C)CCC2)cc1Cl.I. The molecule has 1 saturated carbocycles. The smallest absolute Gasteiger partial charge is 0.193 e. The van der Waals surface area contributed by atoms with Gasteiger partial charge in [-0.2, -0.15) is 0 Å². The summed E-state index contributed by atoms with van der Waals surface area (Å²) in [6, 6.07) is 5.43. The molecule has 0 saturated heterocycles. The fourth-order valence-corrected chi connectivity index (χ4v) is 2.75. The molecule has 1 aromatic carbocycles. The molecule has 0 heterocycles. The van der Waals surface area contributed by atoms with Crippen molar-refractivity contribution in [1.82, 2.24) is 4.90 Å². The van der Waals surface area contributed by atoms with Gasteiger partial charge in [0.05, 0.1) is 18.7 Å². The lowest BCUT2D eigenvalue weighted by molar-refractivity contribution is 0.0700. The molecule has 0 radical (unpaired) electrons. The molecule has 2 rings (SSSR count). The number of rotatable bonds is 5. The summed E-state index contributed by atoms with van der Waals surface area (Å²) in [6.45, 7) is 0.711. The Labute approximate surface area is 154 Å². The first-order valence-corrected chi connectivity index (χ1v) is 7.42. The van der Waals surface area contributed by atoms with E-state index >= 15 is 0 Å². The van der Waals surface area contributed by atoms with Crippen LogP contribution in [0.4, 0.5) is 5.69 Å². The van der Waals surface area contributed by atoms with E-state index in [0.29, 0.717) is 23.3 Å². The van der Waals surface area contributed by atoms with Crippen molar-refractivity contribution in [2.45, 2.75) is 24.8 Å². The molecule has 1 aromatic rings. The maximum Gasteiger partial charge on any atom is 0.193 e. The van der Waals surface area contributed by atoms with E-state index in [4.69, 9.17) is 22.1 Å². The highest BCUT2D eigenvalue weighted by molar-refractivity contribution is 14.0. The van der Waals surface area contributed by atoms with Gasteiger partial charge in [0.1, 0.15) is 5.75 Å². The first-order valence-electron chi connectivity index (χ1n) is 7.05. The van der Waals surface area contributed by atoms with Gasteiger partial charge < -0.3 is 20.7 Å². The number of nitrogens with two attached hydrogens (primary N) is 1. The van der Waals surface area contributed by atoms with Gasteiger partial charge in [0, 0.05) is 11.2 Å². The highest BCUT2D eigenvalue weighted by Gasteiger charge is 2.38. The van der Waals surface area contributed by atoms with Crippen molar-refractivity contribution < 1.29 is 4.74 Å². The third-order valence-corrected chi connectivity index (χ3v) is 4.50. The fraction of sp³-hybridized carbons (Fsp3) is 0.533. The van der Waals surface area contributed by atoms with E-state index in [1.54, 1.807) is 19.2 Å². The molecule has 1 aliphatic carbocycles. The number of ether oxygens (including phenoxy) is 1. The summed E-state index contributed by atoms with van der Waals surface area (Å²) in [5.41, 5.74) is 6.93. The number of nitrogens with one attached hydrogen (secondary N) is 1. The molecule has 1 aliphatic rings. The minimum absolute atomic E-state index is 0. The summed E-state index contributed by atoms with van der Waals surface area (Å²) in [6.07, 6.45) is 3.60. The zero-order chi connectivity index (χ0) is 15.5. The summed E-state index contributed by atoms with van der Waals surface area (Å²) >= 11 is 6.08. The lowest BCUT2D eigenvalue weighted by Gasteiger charge is -2.46.